The van der Waals surface area contributed by atoms with Crippen molar-refractivity contribution in [3.8, 4) is 0 Å². The van der Waals surface area contributed by atoms with E-state index in [9.17, 15) is 0 Å². The molecule has 12 heavy (non-hydrogen) atoms. The molecule has 0 aliphatic heterocycles. The molecule has 2 rings (SSSR count). The van der Waals surface area contributed by atoms with E-state index in [0.717, 1.165) is 12.8 Å². The van der Waals surface area contributed by atoms with Crippen molar-refractivity contribution >= 4 is 11.3 Å². The number of nitrogens with one attached hydrogen (secondary N) is 1. The Morgan fingerprint density at radius 3 is 2.83 bits per heavy atom. The monoisotopic (exact) mass is 177 g/mol. The number of thiophene rings is 1. The molecule has 62 valence electrons. The van der Waals surface area contributed by atoms with Gasteiger partial charge in [-0.1, -0.05) is 6.07 Å². The maximum atomic E-state index is 3.20. The summed E-state index contributed by atoms with van der Waals surface area (Å²) in [5.41, 5.74) is 1.32. The van der Waals surface area contributed by atoms with Crippen LogP contribution in [-0.2, 0) is 12.8 Å². The molecule has 0 saturated carbocycles. The summed E-state index contributed by atoms with van der Waals surface area (Å²) >= 11 is 1.83. The first kappa shape index (κ1) is 7.62. The lowest BCUT2D eigenvalue weighted by Crippen LogP contribution is -1.87. The first-order chi connectivity index (χ1) is 5.95. The summed E-state index contributed by atoms with van der Waals surface area (Å²) in [6, 6.07) is 8.47. The molecule has 0 bridgehead atoms. The summed E-state index contributed by atoms with van der Waals surface area (Å²) in [4.78, 5) is 4.67. The molecule has 2 aromatic heterocycles. The fourth-order valence-electron chi connectivity index (χ4n) is 1.24. The van der Waals surface area contributed by atoms with Crippen LogP contribution in [0.5, 0.6) is 0 Å². The lowest BCUT2D eigenvalue weighted by molar-refractivity contribution is 0.942. The topological polar surface area (TPSA) is 15.8 Å². The fourth-order valence-corrected chi connectivity index (χ4v) is 1.94. The molecule has 0 aromatic carbocycles. The molecule has 0 amide bonds. The maximum Gasteiger partial charge on any atom is 0.0150 e. The van der Waals surface area contributed by atoms with E-state index >= 15 is 0 Å². The molecule has 0 spiro atoms. The van der Waals surface area contributed by atoms with Crippen molar-refractivity contribution in [3.05, 3.63) is 46.4 Å². The van der Waals surface area contributed by atoms with Crippen LogP contribution in [0.25, 0.3) is 0 Å². The number of aromatic nitrogens is 1. The predicted octanol–water partition coefficient (Wildman–Crippen LogP) is 2.86. The first-order valence-electron chi connectivity index (χ1n) is 4.10. The van der Waals surface area contributed by atoms with Crippen LogP contribution in [-0.4, -0.2) is 4.98 Å². The van der Waals surface area contributed by atoms with Gasteiger partial charge in [-0.05, 0) is 36.4 Å². The zero-order chi connectivity index (χ0) is 8.23. The van der Waals surface area contributed by atoms with E-state index in [1.807, 2.05) is 23.6 Å². The van der Waals surface area contributed by atoms with Crippen LogP contribution in [0.15, 0.2) is 35.8 Å². The molecule has 2 heterocycles. The Hall–Kier alpha value is -1.02. The van der Waals surface area contributed by atoms with Gasteiger partial charge in [0, 0.05) is 16.8 Å². The Labute approximate surface area is 76.1 Å². The lowest BCUT2D eigenvalue weighted by atomic mass is 10.2. The van der Waals surface area contributed by atoms with Crippen molar-refractivity contribution in [2.45, 2.75) is 12.8 Å². The van der Waals surface area contributed by atoms with E-state index in [0.29, 0.717) is 0 Å². The molecule has 1 nitrogen and oxygen atoms in total. The summed E-state index contributed by atoms with van der Waals surface area (Å²) in [5.74, 6) is 0. The zero-order valence-corrected chi connectivity index (χ0v) is 7.60. The summed E-state index contributed by atoms with van der Waals surface area (Å²) < 4.78 is 0. The van der Waals surface area contributed by atoms with Crippen LogP contribution in [0.4, 0.5) is 0 Å². The molecule has 1 N–H and O–H groups in total. The van der Waals surface area contributed by atoms with Gasteiger partial charge in [0.1, 0.15) is 0 Å². The number of rotatable bonds is 3. The van der Waals surface area contributed by atoms with Crippen LogP contribution < -0.4 is 0 Å². The largest absolute Gasteiger partial charge is 0.365 e. The van der Waals surface area contributed by atoms with Crippen LogP contribution in [0.3, 0.4) is 0 Å². The van der Waals surface area contributed by atoms with Gasteiger partial charge >= 0.3 is 0 Å². The van der Waals surface area contributed by atoms with Gasteiger partial charge in [-0.2, -0.15) is 0 Å². The van der Waals surface area contributed by atoms with Gasteiger partial charge in [-0.15, -0.1) is 11.3 Å². The van der Waals surface area contributed by atoms with Crippen LogP contribution in [0.2, 0.25) is 0 Å². The summed E-state index contributed by atoms with van der Waals surface area (Å²) in [6.07, 6.45) is 4.25. The highest BCUT2D eigenvalue weighted by Gasteiger charge is 1.95. The fraction of sp³-hybridized carbons (Fsp3) is 0.200. The highest BCUT2D eigenvalue weighted by atomic mass is 32.1. The van der Waals surface area contributed by atoms with Gasteiger partial charge in [0.05, 0.1) is 0 Å². The molecule has 0 aliphatic carbocycles. The minimum atomic E-state index is 1.12. The molecule has 2 aromatic rings. The summed E-state index contributed by atoms with van der Waals surface area (Å²) in [6.45, 7) is 0. The third-order valence-corrected chi connectivity index (χ3v) is 2.82. The second-order valence-electron chi connectivity index (χ2n) is 2.77. The van der Waals surface area contributed by atoms with Crippen molar-refractivity contribution in [2.24, 2.45) is 0 Å². The average molecular weight is 177 g/mol. The lowest BCUT2D eigenvalue weighted by Gasteiger charge is -1.94. The highest BCUT2D eigenvalue weighted by molar-refractivity contribution is 7.09. The van der Waals surface area contributed by atoms with Gasteiger partial charge in [0.25, 0.3) is 0 Å². The Kier molecular flexibility index (Phi) is 2.28. The molecular formula is C10H11NS. The number of hydrogen-bond donors (Lipinski definition) is 1. The second-order valence-corrected chi connectivity index (χ2v) is 3.81. The third-order valence-electron chi connectivity index (χ3n) is 1.88. The smallest absolute Gasteiger partial charge is 0.0150 e. The Balaban J connectivity index is 1.91. The molecule has 0 radical (unpaired) electrons. The molecule has 0 saturated heterocycles. The second kappa shape index (κ2) is 3.59. The quantitative estimate of drug-likeness (QED) is 0.742. The van der Waals surface area contributed by atoms with Gasteiger partial charge in [0.15, 0.2) is 0 Å². The van der Waals surface area contributed by atoms with Crippen molar-refractivity contribution in [2.75, 3.05) is 0 Å². The molecule has 0 fully saturated rings. The highest BCUT2D eigenvalue weighted by Crippen LogP contribution is 2.11. The van der Waals surface area contributed by atoms with Crippen LogP contribution in [0, 0.1) is 0 Å². The van der Waals surface area contributed by atoms with Crippen molar-refractivity contribution in [3.63, 3.8) is 0 Å². The standard InChI is InChI=1S/C10H11NS/c1-3-9(11-7-1)5-6-10-4-2-8-12-10/h1-4,7-8,11H,5-6H2. The first-order valence-corrected chi connectivity index (χ1v) is 4.98. The van der Waals surface area contributed by atoms with Gasteiger partial charge < -0.3 is 4.98 Å². The van der Waals surface area contributed by atoms with Crippen LogP contribution in [0.1, 0.15) is 10.6 Å². The van der Waals surface area contributed by atoms with Crippen LogP contribution >= 0.6 is 11.3 Å². The SMILES string of the molecule is c1c[nH]c(CCc2cccs2)c1. The molecule has 2 heteroatoms. The maximum absolute atomic E-state index is 3.20. The van der Waals surface area contributed by atoms with Crippen molar-refractivity contribution in [1.82, 2.24) is 4.98 Å². The number of aromatic amines is 1. The number of hydrogen-bond acceptors (Lipinski definition) is 1. The summed E-state index contributed by atoms with van der Waals surface area (Å²) in [7, 11) is 0. The van der Waals surface area contributed by atoms with E-state index in [-0.39, 0.29) is 0 Å². The average Bonchev–Trinajstić information content (AvgIpc) is 2.74. The predicted molar refractivity (Wildman–Crippen MR) is 52.5 cm³/mol. The molecular weight excluding hydrogens is 166 g/mol. The Bertz CT molecular complexity index is 273. The minimum Gasteiger partial charge on any atom is -0.365 e. The molecule has 0 aliphatic rings. The molecule has 0 atom stereocenters. The zero-order valence-electron chi connectivity index (χ0n) is 6.79. The van der Waals surface area contributed by atoms with E-state index in [4.69, 9.17) is 0 Å². The van der Waals surface area contributed by atoms with Crippen molar-refractivity contribution < 1.29 is 0 Å². The van der Waals surface area contributed by atoms with E-state index < -0.39 is 0 Å². The van der Waals surface area contributed by atoms with E-state index in [1.165, 1.54) is 10.6 Å². The van der Waals surface area contributed by atoms with Gasteiger partial charge in [-0.3, -0.25) is 0 Å². The van der Waals surface area contributed by atoms with Gasteiger partial charge in [0.2, 0.25) is 0 Å². The third kappa shape index (κ3) is 1.77. The number of H-pyrrole nitrogens is 1. The molecule has 0 unspecified atom stereocenters. The van der Waals surface area contributed by atoms with E-state index in [1.54, 1.807) is 0 Å². The number of aryl methyl sites for hydroxylation is 2. The van der Waals surface area contributed by atoms with Crippen molar-refractivity contribution in [1.29, 1.82) is 0 Å². The minimum absolute atomic E-state index is 1.12. The normalized spacial score (nSPS) is 10.3. The Morgan fingerprint density at radius 2 is 2.17 bits per heavy atom. The Morgan fingerprint density at radius 1 is 1.17 bits per heavy atom. The summed E-state index contributed by atoms with van der Waals surface area (Å²) in [5, 5.41) is 2.13. The van der Waals surface area contributed by atoms with Gasteiger partial charge in [-0.25, -0.2) is 0 Å². The van der Waals surface area contributed by atoms with E-state index in [2.05, 4.69) is 28.6 Å².